The molecular weight excluding hydrogens is 274 g/mol. The number of nitrogens with zero attached hydrogens (tertiary/aromatic N) is 3. The van der Waals surface area contributed by atoms with Crippen molar-refractivity contribution >= 4 is 28.5 Å². The summed E-state index contributed by atoms with van der Waals surface area (Å²) in [6, 6.07) is 0.479. The molecule has 0 spiro atoms. The maximum absolute atomic E-state index is 5.95. The number of hydrogen-bond donors (Lipinski definition) is 2. The molecule has 0 amide bonds. The van der Waals surface area contributed by atoms with Crippen LogP contribution in [0.5, 0.6) is 0 Å². The van der Waals surface area contributed by atoms with Gasteiger partial charge in [0.1, 0.15) is 5.82 Å². The summed E-state index contributed by atoms with van der Waals surface area (Å²) in [6.07, 6.45) is 9.41. The maximum atomic E-state index is 5.95. The molecular formula is C14H20ClN5. The minimum Gasteiger partial charge on any atom is -0.367 e. The first-order valence-corrected chi connectivity index (χ1v) is 7.77. The van der Waals surface area contributed by atoms with Crippen molar-refractivity contribution in [2.75, 3.05) is 5.32 Å². The lowest BCUT2D eigenvalue weighted by Crippen LogP contribution is -2.26. The third-order valence-electron chi connectivity index (χ3n) is 4.17. The molecule has 1 fully saturated rings. The van der Waals surface area contributed by atoms with Gasteiger partial charge in [0.25, 0.3) is 0 Å². The fourth-order valence-electron chi connectivity index (χ4n) is 3.11. The molecule has 108 valence electrons. The predicted molar refractivity (Wildman–Crippen MR) is 81.0 cm³/mol. The summed E-state index contributed by atoms with van der Waals surface area (Å²) in [7, 11) is 0. The van der Waals surface area contributed by atoms with Gasteiger partial charge in [-0.15, -0.1) is 0 Å². The number of aromatic nitrogens is 4. The molecule has 0 aliphatic heterocycles. The van der Waals surface area contributed by atoms with E-state index in [-0.39, 0.29) is 5.28 Å². The first kappa shape index (κ1) is 13.6. The summed E-state index contributed by atoms with van der Waals surface area (Å²) in [5, 5.41) is 11.5. The molecule has 2 heterocycles. The number of fused-ring (bicyclic) bond motifs is 1. The van der Waals surface area contributed by atoms with Gasteiger partial charge in [0.15, 0.2) is 5.65 Å². The number of rotatable bonds is 4. The summed E-state index contributed by atoms with van der Waals surface area (Å²) >= 11 is 5.95. The van der Waals surface area contributed by atoms with Crippen molar-refractivity contribution in [2.45, 2.75) is 51.5 Å². The van der Waals surface area contributed by atoms with E-state index in [0.29, 0.717) is 11.7 Å². The number of anilines is 1. The Kier molecular flexibility index (Phi) is 4.05. The summed E-state index contributed by atoms with van der Waals surface area (Å²) < 4.78 is 0. The van der Waals surface area contributed by atoms with Crippen LogP contribution in [-0.4, -0.2) is 26.2 Å². The summed E-state index contributed by atoms with van der Waals surface area (Å²) in [4.78, 5) is 8.43. The van der Waals surface area contributed by atoms with Gasteiger partial charge < -0.3 is 5.32 Å². The van der Waals surface area contributed by atoms with Crippen molar-refractivity contribution < 1.29 is 0 Å². The number of aromatic amines is 1. The maximum Gasteiger partial charge on any atom is 0.226 e. The van der Waals surface area contributed by atoms with Crippen molar-refractivity contribution in [2.24, 2.45) is 5.92 Å². The summed E-state index contributed by atoms with van der Waals surface area (Å²) in [6.45, 7) is 2.27. The minimum atomic E-state index is 0.254. The Morgan fingerprint density at radius 3 is 2.85 bits per heavy atom. The van der Waals surface area contributed by atoms with Crippen LogP contribution in [0.4, 0.5) is 5.82 Å². The molecule has 0 atom stereocenters. The van der Waals surface area contributed by atoms with Crippen LogP contribution in [0, 0.1) is 5.92 Å². The monoisotopic (exact) mass is 293 g/mol. The normalized spacial score (nSPS) is 23.1. The van der Waals surface area contributed by atoms with Crippen molar-refractivity contribution in [1.82, 2.24) is 20.2 Å². The first-order valence-electron chi connectivity index (χ1n) is 7.39. The lowest BCUT2D eigenvalue weighted by atomic mass is 9.83. The SMILES string of the molecule is CCCC1CCC(Nc2nc(Cl)nc3[nH]ncc23)CC1. The third kappa shape index (κ3) is 2.87. The zero-order valence-electron chi connectivity index (χ0n) is 11.7. The number of halogens is 1. The van der Waals surface area contributed by atoms with Gasteiger partial charge in [-0.25, -0.2) is 0 Å². The van der Waals surface area contributed by atoms with Gasteiger partial charge in [-0.1, -0.05) is 19.8 Å². The molecule has 0 aromatic carbocycles. The Labute approximate surface area is 123 Å². The molecule has 5 nitrogen and oxygen atoms in total. The Morgan fingerprint density at radius 2 is 2.10 bits per heavy atom. The van der Waals surface area contributed by atoms with Crippen molar-refractivity contribution in [3.63, 3.8) is 0 Å². The Morgan fingerprint density at radius 1 is 1.30 bits per heavy atom. The second-order valence-electron chi connectivity index (χ2n) is 5.62. The standard InChI is InChI=1S/C14H20ClN5/c1-2-3-9-4-6-10(7-5-9)17-12-11-8-16-20-13(11)19-14(15)18-12/h8-10H,2-7H2,1H3,(H2,16,17,18,19,20). The molecule has 0 radical (unpaired) electrons. The van der Waals surface area contributed by atoms with Gasteiger partial charge in [-0.2, -0.15) is 15.1 Å². The lowest BCUT2D eigenvalue weighted by Gasteiger charge is -2.29. The van der Waals surface area contributed by atoms with E-state index in [1.54, 1.807) is 6.20 Å². The Balaban J connectivity index is 1.69. The van der Waals surface area contributed by atoms with Crippen molar-refractivity contribution in [3.8, 4) is 0 Å². The highest BCUT2D eigenvalue weighted by atomic mass is 35.5. The molecule has 0 saturated heterocycles. The molecule has 0 bridgehead atoms. The van der Waals surface area contributed by atoms with Crippen LogP contribution < -0.4 is 5.32 Å². The average Bonchev–Trinajstić information content (AvgIpc) is 2.89. The molecule has 6 heteroatoms. The van der Waals surface area contributed by atoms with E-state index in [2.05, 4.69) is 32.4 Å². The van der Waals surface area contributed by atoms with E-state index < -0.39 is 0 Å². The van der Waals surface area contributed by atoms with E-state index >= 15 is 0 Å². The van der Waals surface area contributed by atoms with Crippen LogP contribution in [0.3, 0.4) is 0 Å². The molecule has 2 N–H and O–H groups in total. The summed E-state index contributed by atoms with van der Waals surface area (Å²) in [5.74, 6) is 1.70. The Bertz CT molecular complexity index is 574. The molecule has 3 rings (SSSR count). The second kappa shape index (κ2) is 5.95. The van der Waals surface area contributed by atoms with Gasteiger partial charge in [0, 0.05) is 6.04 Å². The smallest absolute Gasteiger partial charge is 0.226 e. The molecule has 1 aliphatic rings. The highest BCUT2D eigenvalue weighted by Gasteiger charge is 2.21. The largest absolute Gasteiger partial charge is 0.367 e. The number of H-pyrrole nitrogens is 1. The molecule has 20 heavy (non-hydrogen) atoms. The van der Waals surface area contributed by atoms with Crippen LogP contribution in [-0.2, 0) is 0 Å². The quantitative estimate of drug-likeness (QED) is 0.842. The van der Waals surface area contributed by atoms with E-state index in [1.165, 1.54) is 38.5 Å². The lowest BCUT2D eigenvalue weighted by molar-refractivity contribution is 0.318. The topological polar surface area (TPSA) is 66.5 Å². The van der Waals surface area contributed by atoms with Crippen LogP contribution in [0.25, 0.3) is 11.0 Å². The first-order chi connectivity index (χ1) is 9.76. The van der Waals surface area contributed by atoms with Gasteiger partial charge in [-0.05, 0) is 43.2 Å². The highest BCUT2D eigenvalue weighted by Crippen LogP contribution is 2.30. The third-order valence-corrected chi connectivity index (χ3v) is 4.34. The van der Waals surface area contributed by atoms with Crippen LogP contribution in [0.2, 0.25) is 5.28 Å². The fraction of sp³-hybridized carbons (Fsp3) is 0.643. The second-order valence-corrected chi connectivity index (χ2v) is 5.96. The van der Waals surface area contributed by atoms with Crippen LogP contribution in [0.1, 0.15) is 45.4 Å². The van der Waals surface area contributed by atoms with Gasteiger partial charge >= 0.3 is 0 Å². The van der Waals surface area contributed by atoms with Crippen molar-refractivity contribution in [3.05, 3.63) is 11.5 Å². The highest BCUT2D eigenvalue weighted by molar-refractivity contribution is 6.28. The van der Waals surface area contributed by atoms with E-state index in [4.69, 9.17) is 11.6 Å². The van der Waals surface area contributed by atoms with Gasteiger partial charge in [0.2, 0.25) is 5.28 Å². The zero-order valence-corrected chi connectivity index (χ0v) is 12.5. The van der Waals surface area contributed by atoms with E-state index in [9.17, 15) is 0 Å². The number of nitrogens with one attached hydrogen (secondary N) is 2. The van der Waals surface area contributed by atoms with E-state index in [1.807, 2.05) is 0 Å². The van der Waals surface area contributed by atoms with Gasteiger partial charge in [-0.3, -0.25) is 5.10 Å². The predicted octanol–water partition coefficient (Wildman–Crippen LogP) is 3.78. The van der Waals surface area contributed by atoms with E-state index in [0.717, 1.165) is 17.1 Å². The zero-order chi connectivity index (χ0) is 13.9. The average molecular weight is 294 g/mol. The molecule has 1 aliphatic carbocycles. The number of hydrogen-bond acceptors (Lipinski definition) is 4. The molecule has 2 aromatic rings. The van der Waals surface area contributed by atoms with Crippen LogP contribution >= 0.6 is 11.6 Å². The van der Waals surface area contributed by atoms with Crippen molar-refractivity contribution in [1.29, 1.82) is 0 Å². The fourth-order valence-corrected chi connectivity index (χ4v) is 3.28. The Hall–Kier alpha value is -1.36. The van der Waals surface area contributed by atoms with Crippen LogP contribution in [0.15, 0.2) is 6.20 Å². The minimum absolute atomic E-state index is 0.254. The molecule has 0 unspecified atom stereocenters. The summed E-state index contributed by atoms with van der Waals surface area (Å²) in [5.41, 5.74) is 0.687. The van der Waals surface area contributed by atoms with Gasteiger partial charge in [0.05, 0.1) is 11.6 Å². The molecule has 1 saturated carbocycles. The molecule has 2 aromatic heterocycles.